The third-order valence-electron chi connectivity index (χ3n) is 3.87. The van der Waals surface area contributed by atoms with Crippen LogP contribution in [-0.4, -0.2) is 30.8 Å². The highest BCUT2D eigenvalue weighted by Crippen LogP contribution is 2.19. The second-order valence-electron chi connectivity index (χ2n) is 5.94. The fraction of sp³-hybridized carbons (Fsp3) is 0.0500. The molecule has 0 saturated heterocycles. The molecule has 0 atom stereocenters. The highest BCUT2D eigenvalue weighted by molar-refractivity contribution is 5.89. The molecule has 3 aromatic heterocycles. The SMILES string of the molecule is O=C(NCc1ccnc(-n2cccn2)c1)Nc1ccc(Oc2ncccn2)cc1. The van der Waals surface area contributed by atoms with E-state index in [4.69, 9.17) is 4.74 Å². The number of hydrogen-bond acceptors (Lipinski definition) is 6. The lowest BCUT2D eigenvalue weighted by atomic mass is 10.2. The van der Waals surface area contributed by atoms with E-state index in [1.54, 1.807) is 59.8 Å². The quantitative estimate of drug-likeness (QED) is 0.526. The van der Waals surface area contributed by atoms with Crippen LogP contribution in [0.1, 0.15) is 5.56 Å². The first-order valence-electron chi connectivity index (χ1n) is 8.81. The first kappa shape index (κ1) is 18.1. The molecule has 0 aliphatic carbocycles. The van der Waals surface area contributed by atoms with Gasteiger partial charge in [-0.1, -0.05) is 0 Å². The minimum atomic E-state index is -0.317. The summed E-state index contributed by atoms with van der Waals surface area (Å²) >= 11 is 0. The number of urea groups is 1. The zero-order chi connectivity index (χ0) is 19.9. The zero-order valence-electron chi connectivity index (χ0n) is 15.3. The van der Waals surface area contributed by atoms with E-state index in [9.17, 15) is 4.79 Å². The van der Waals surface area contributed by atoms with E-state index in [0.29, 0.717) is 23.8 Å². The second-order valence-corrected chi connectivity index (χ2v) is 5.94. The largest absolute Gasteiger partial charge is 0.424 e. The molecule has 1 aromatic carbocycles. The van der Waals surface area contributed by atoms with Crippen molar-refractivity contribution < 1.29 is 9.53 Å². The topological polar surface area (TPSA) is 107 Å². The van der Waals surface area contributed by atoms with Crippen LogP contribution in [0.15, 0.2) is 79.5 Å². The van der Waals surface area contributed by atoms with Crippen LogP contribution in [0.3, 0.4) is 0 Å². The number of rotatable bonds is 6. The maximum absolute atomic E-state index is 12.2. The Bertz CT molecular complexity index is 1070. The lowest BCUT2D eigenvalue weighted by Crippen LogP contribution is -2.28. The number of pyridine rings is 1. The lowest BCUT2D eigenvalue weighted by molar-refractivity contribution is 0.251. The van der Waals surface area contributed by atoms with Crippen LogP contribution in [0.5, 0.6) is 11.8 Å². The molecule has 0 spiro atoms. The Hall–Kier alpha value is -4.27. The first-order valence-corrected chi connectivity index (χ1v) is 8.81. The molecule has 29 heavy (non-hydrogen) atoms. The monoisotopic (exact) mass is 387 g/mol. The van der Waals surface area contributed by atoms with Crippen LogP contribution in [0.2, 0.25) is 0 Å². The Morgan fingerprint density at radius 3 is 2.55 bits per heavy atom. The van der Waals surface area contributed by atoms with Crippen LogP contribution in [0.4, 0.5) is 10.5 Å². The molecule has 0 bridgehead atoms. The van der Waals surface area contributed by atoms with Gasteiger partial charge in [0.05, 0.1) is 0 Å². The van der Waals surface area contributed by atoms with Gasteiger partial charge in [0.25, 0.3) is 0 Å². The number of amides is 2. The van der Waals surface area contributed by atoms with E-state index >= 15 is 0 Å². The highest BCUT2D eigenvalue weighted by atomic mass is 16.5. The van der Waals surface area contributed by atoms with Crippen molar-refractivity contribution in [2.45, 2.75) is 6.54 Å². The van der Waals surface area contributed by atoms with Crippen LogP contribution in [-0.2, 0) is 6.54 Å². The fourth-order valence-electron chi connectivity index (χ4n) is 2.51. The smallest absolute Gasteiger partial charge is 0.321 e. The summed E-state index contributed by atoms with van der Waals surface area (Å²) in [6, 6.07) is 14.1. The minimum absolute atomic E-state index is 0.262. The number of aromatic nitrogens is 5. The second kappa shape index (κ2) is 8.61. The average molecular weight is 387 g/mol. The van der Waals surface area contributed by atoms with Gasteiger partial charge in [-0.2, -0.15) is 5.10 Å². The third-order valence-corrected chi connectivity index (χ3v) is 3.87. The van der Waals surface area contributed by atoms with Gasteiger partial charge in [-0.3, -0.25) is 0 Å². The first-order chi connectivity index (χ1) is 14.3. The Morgan fingerprint density at radius 1 is 0.966 bits per heavy atom. The molecular formula is C20H17N7O2. The Kier molecular flexibility index (Phi) is 5.38. The summed E-state index contributed by atoms with van der Waals surface area (Å²) in [4.78, 5) is 24.4. The van der Waals surface area contributed by atoms with Gasteiger partial charge in [0.15, 0.2) is 5.82 Å². The maximum atomic E-state index is 12.2. The molecule has 4 aromatic rings. The number of nitrogens with one attached hydrogen (secondary N) is 2. The van der Waals surface area contributed by atoms with Crippen molar-refractivity contribution in [3.8, 4) is 17.6 Å². The molecule has 2 amide bonds. The number of benzene rings is 1. The lowest BCUT2D eigenvalue weighted by Gasteiger charge is -2.09. The van der Waals surface area contributed by atoms with Crippen molar-refractivity contribution in [2.24, 2.45) is 0 Å². The summed E-state index contributed by atoms with van der Waals surface area (Å²) in [6.07, 6.45) is 8.38. The Labute approximate surface area is 166 Å². The van der Waals surface area contributed by atoms with Gasteiger partial charge in [0.1, 0.15) is 5.75 Å². The van der Waals surface area contributed by atoms with E-state index in [2.05, 4.69) is 30.7 Å². The normalized spacial score (nSPS) is 10.3. The van der Waals surface area contributed by atoms with Crippen LogP contribution < -0.4 is 15.4 Å². The average Bonchev–Trinajstić information content (AvgIpc) is 3.30. The van der Waals surface area contributed by atoms with Gasteiger partial charge in [-0.25, -0.2) is 24.4 Å². The highest BCUT2D eigenvalue weighted by Gasteiger charge is 2.05. The summed E-state index contributed by atoms with van der Waals surface area (Å²) in [6.45, 7) is 0.356. The number of anilines is 1. The molecular weight excluding hydrogens is 370 g/mol. The van der Waals surface area contributed by atoms with E-state index in [-0.39, 0.29) is 12.0 Å². The number of carbonyl (C=O) groups excluding carboxylic acids is 1. The molecule has 3 heterocycles. The molecule has 0 saturated carbocycles. The maximum Gasteiger partial charge on any atom is 0.321 e. The minimum Gasteiger partial charge on any atom is -0.424 e. The summed E-state index contributed by atoms with van der Waals surface area (Å²) < 4.78 is 7.18. The van der Waals surface area contributed by atoms with Gasteiger partial charge in [-0.15, -0.1) is 0 Å². The molecule has 4 rings (SSSR count). The molecule has 0 radical (unpaired) electrons. The standard InChI is InChI=1S/C20H17N7O2/c28-19(24-14-15-7-11-21-18(13-15)27-12-2-10-25-27)26-16-3-5-17(6-4-16)29-20-22-8-1-9-23-20/h1-13H,14H2,(H2,24,26,28). The number of hydrogen-bond donors (Lipinski definition) is 2. The third kappa shape index (κ3) is 4.92. The molecule has 9 heteroatoms. The summed E-state index contributed by atoms with van der Waals surface area (Å²) in [5.41, 5.74) is 1.54. The van der Waals surface area contributed by atoms with Crippen molar-refractivity contribution >= 4 is 11.7 Å². The summed E-state index contributed by atoms with van der Waals surface area (Å²) in [5.74, 6) is 1.26. The summed E-state index contributed by atoms with van der Waals surface area (Å²) in [7, 11) is 0. The van der Waals surface area contributed by atoms with Crippen LogP contribution in [0, 0.1) is 0 Å². The van der Waals surface area contributed by atoms with E-state index in [1.807, 2.05) is 24.4 Å². The van der Waals surface area contributed by atoms with Crippen LogP contribution in [0.25, 0.3) is 5.82 Å². The Morgan fingerprint density at radius 2 is 1.79 bits per heavy atom. The van der Waals surface area contributed by atoms with Gasteiger partial charge in [0, 0.05) is 43.2 Å². The molecule has 2 N–H and O–H groups in total. The molecule has 0 aliphatic heterocycles. The summed E-state index contributed by atoms with van der Waals surface area (Å²) in [5, 5.41) is 9.74. The van der Waals surface area contributed by atoms with E-state index in [1.165, 1.54) is 0 Å². The predicted octanol–water partition coefficient (Wildman–Crippen LogP) is 3.17. The van der Waals surface area contributed by atoms with Gasteiger partial charge < -0.3 is 15.4 Å². The molecule has 9 nitrogen and oxygen atoms in total. The van der Waals surface area contributed by atoms with Gasteiger partial charge >= 0.3 is 12.0 Å². The molecule has 0 fully saturated rings. The van der Waals surface area contributed by atoms with Gasteiger partial charge in [0.2, 0.25) is 0 Å². The van der Waals surface area contributed by atoms with Crippen molar-refractivity contribution in [2.75, 3.05) is 5.32 Å². The van der Waals surface area contributed by atoms with Crippen molar-refractivity contribution in [3.05, 3.63) is 85.1 Å². The molecule has 0 aliphatic rings. The number of ether oxygens (including phenoxy) is 1. The van der Waals surface area contributed by atoms with E-state index < -0.39 is 0 Å². The zero-order valence-corrected chi connectivity index (χ0v) is 15.3. The van der Waals surface area contributed by atoms with Gasteiger partial charge in [-0.05, 0) is 54.1 Å². The Balaban J connectivity index is 1.30. The van der Waals surface area contributed by atoms with Crippen LogP contribution >= 0.6 is 0 Å². The molecule has 144 valence electrons. The molecule has 0 unspecified atom stereocenters. The predicted molar refractivity (Wildman–Crippen MR) is 106 cm³/mol. The van der Waals surface area contributed by atoms with Crippen molar-refractivity contribution in [1.82, 2.24) is 30.0 Å². The fourth-order valence-corrected chi connectivity index (χ4v) is 2.51. The van der Waals surface area contributed by atoms with E-state index in [0.717, 1.165) is 5.56 Å². The number of nitrogens with zero attached hydrogens (tertiary/aromatic N) is 5. The van der Waals surface area contributed by atoms with Crippen molar-refractivity contribution in [3.63, 3.8) is 0 Å². The van der Waals surface area contributed by atoms with Crippen molar-refractivity contribution in [1.29, 1.82) is 0 Å². The number of carbonyl (C=O) groups is 1.